The van der Waals surface area contributed by atoms with Crippen molar-refractivity contribution >= 4 is 15.9 Å². The Morgan fingerprint density at radius 3 is 2.34 bits per heavy atom. The van der Waals surface area contributed by atoms with Crippen LogP contribution in [0, 0.1) is 0 Å². The van der Waals surface area contributed by atoms with E-state index in [1.807, 2.05) is 0 Å². The Labute approximate surface area is 166 Å². The van der Waals surface area contributed by atoms with E-state index in [2.05, 4.69) is 16.6 Å². The van der Waals surface area contributed by atoms with Crippen molar-refractivity contribution < 1.29 is 31.5 Å². The Morgan fingerprint density at radius 2 is 1.76 bits per heavy atom. The molecule has 0 aliphatic carbocycles. The molecule has 0 fully saturated rings. The van der Waals surface area contributed by atoms with E-state index in [1.165, 1.54) is 42.5 Å². The van der Waals surface area contributed by atoms with Crippen molar-refractivity contribution in [2.45, 2.75) is 17.2 Å². The van der Waals surface area contributed by atoms with Crippen molar-refractivity contribution in [3.8, 4) is 0 Å². The van der Waals surface area contributed by atoms with E-state index < -0.39 is 40.3 Å². The largest absolute Gasteiger partial charge is 0.416 e. The topological polar surface area (TPSA) is 95.5 Å². The molecule has 1 unspecified atom stereocenters. The number of rotatable bonds is 8. The molecule has 0 heterocycles. The Hall–Kier alpha value is -2.69. The lowest BCUT2D eigenvalue weighted by Crippen LogP contribution is -2.29. The highest BCUT2D eigenvalue weighted by Crippen LogP contribution is 2.34. The molecular formula is C19H19F3N2O4S. The highest BCUT2D eigenvalue weighted by molar-refractivity contribution is 7.89. The van der Waals surface area contributed by atoms with Gasteiger partial charge in [-0.05, 0) is 35.9 Å². The quantitative estimate of drug-likeness (QED) is 0.564. The van der Waals surface area contributed by atoms with Gasteiger partial charge in [-0.15, -0.1) is 6.58 Å². The Bertz CT molecular complexity index is 974. The Kier molecular flexibility index (Phi) is 7.17. The van der Waals surface area contributed by atoms with Gasteiger partial charge in [0, 0.05) is 18.7 Å². The van der Waals surface area contributed by atoms with Gasteiger partial charge in [0.05, 0.1) is 16.6 Å². The lowest BCUT2D eigenvalue weighted by atomic mass is 10.0. The molecule has 0 aliphatic rings. The Morgan fingerprint density at radius 1 is 1.14 bits per heavy atom. The van der Waals surface area contributed by atoms with Gasteiger partial charge in [-0.2, -0.15) is 13.2 Å². The Balaban J connectivity index is 2.06. The predicted molar refractivity (Wildman–Crippen MR) is 101 cm³/mol. The van der Waals surface area contributed by atoms with E-state index >= 15 is 0 Å². The standard InChI is InChI=1S/C19H19F3N2O4S/c1-2-11-24-29(27,28)14-9-7-13(8-10-14)18(26)23-12-17(25)15-5-3-4-6-16(15)19(20,21)22/h2-10,17,24-25H,1,11-12H2,(H,23,26). The van der Waals surface area contributed by atoms with Crippen LogP contribution in [-0.4, -0.2) is 32.5 Å². The van der Waals surface area contributed by atoms with Gasteiger partial charge in [0.2, 0.25) is 10.0 Å². The molecule has 0 aliphatic heterocycles. The molecule has 0 spiro atoms. The second-order valence-electron chi connectivity index (χ2n) is 5.98. The molecule has 0 bridgehead atoms. The van der Waals surface area contributed by atoms with E-state index in [-0.39, 0.29) is 22.6 Å². The monoisotopic (exact) mass is 428 g/mol. The summed E-state index contributed by atoms with van der Waals surface area (Å²) in [6.45, 7) is 3.00. The zero-order valence-electron chi connectivity index (χ0n) is 15.1. The van der Waals surface area contributed by atoms with Crippen molar-refractivity contribution in [1.29, 1.82) is 0 Å². The fraction of sp³-hybridized carbons (Fsp3) is 0.211. The van der Waals surface area contributed by atoms with Crippen molar-refractivity contribution in [3.63, 3.8) is 0 Å². The van der Waals surface area contributed by atoms with Gasteiger partial charge in [0.1, 0.15) is 0 Å². The van der Waals surface area contributed by atoms with Gasteiger partial charge in [-0.1, -0.05) is 24.3 Å². The van der Waals surface area contributed by atoms with E-state index in [4.69, 9.17) is 0 Å². The molecular weight excluding hydrogens is 409 g/mol. The minimum atomic E-state index is -4.64. The highest BCUT2D eigenvalue weighted by Gasteiger charge is 2.34. The van der Waals surface area contributed by atoms with E-state index in [0.29, 0.717) is 0 Å². The first-order valence-corrected chi connectivity index (χ1v) is 9.87. The lowest BCUT2D eigenvalue weighted by molar-refractivity contribution is -0.139. The average Bonchev–Trinajstić information content (AvgIpc) is 2.69. The molecule has 0 saturated heterocycles. The number of hydrogen-bond acceptors (Lipinski definition) is 4. The summed E-state index contributed by atoms with van der Waals surface area (Å²) in [6, 6.07) is 9.49. The molecule has 0 aromatic heterocycles. The molecule has 10 heteroatoms. The maximum absolute atomic E-state index is 13.0. The van der Waals surface area contributed by atoms with Crippen LogP contribution in [-0.2, 0) is 16.2 Å². The third-order valence-corrected chi connectivity index (χ3v) is 5.37. The van der Waals surface area contributed by atoms with E-state index in [9.17, 15) is 31.5 Å². The number of carbonyl (C=O) groups excluding carboxylic acids is 1. The van der Waals surface area contributed by atoms with Crippen LogP contribution >= 0.6 is 0 Å². The van der Waals surface area contributed by atoms with Crippen LogP contribution in [0.4, 0.5) is 13.2 Å². The summed E-state index contributed by atoms with van der Waals surface area (Å²) >= 11 is 0. The van der Waals surface area contributed by atoms with Gasteiger partial charge in [0.15, 0.2) is 0 Å². The number of amides is 1. The molecule has 2 rings (SSSR count). The number of carbonyl (C=O) groups is 1. The number of aliphatic hydroxyl groups excluding tert-OH is 1. The number of aliphatic hydroxyl groups is 1. The second-order valence-corrected chi connectivity index (χ2v) is 7.74. The summed E-state index contributed by atoms with van der Waals surface area (Å²) in [7, 11) is -3.74. The van der Waals surface area contributed by atoms with Crippen LogP contribution in [0.1, 0.15) is 27.6 Å². The van der Waals surface area contributed by atoms with Crippen molar-refractivity contribution in [2.75, 3.05) is 13.1 Å². The normalized spacial score (nSPS) is 13.0. The minimum absolute atomic E-state index is 0.0435. The smallest absolute Gasteiger partial charge is 0.387 e. The van der Waals surface area contributed by atoms with Crippen LogP contribution in [0.25, 0.3) is 0 Å². The summed E-state index contributed by atoms with van der Waals surface area (Å²) in [5.41, 5.74) is -1.25. The zero-order valence-corrected chi connectivity index (χ0v) is 15.9. The summed E-state index contributed by atoms with van der Waals surface area (Å²) in [6.07, 6.45) is -4.83. The van der Waals surface area contributed by atoms with E-state index in [1.54, 1.807) is 0 Å². The minimum Gasteiger partial charge on any atom is -0.387 e. The lowest BCUT2D eigenvalue weighted by Gasteiger charge is -2.18. The first-order valence-electron chi connectivity index (χ1n) is 8.39. The average molecular weight is 428 g/mol. The van der Waals surface area contributed by atoms with Crippen molar-refractivity contribution in [3.05, 3.63) is 77.9 Å². The number of halogens is 3. The molecule has 1 atom stereocenters. The number of sulfonamides is 1. The third-order valence-electron chi connectivity index (χ3n) is 3.93. The summed E-state index contributed by atoms with van der Waals surface area (Å²) in [5, 5.41) is 12.4. The zero-order chi connectivity index (χ0) is 21.7. The fourth-order valence-corrected chi connectivity index (χ4v) is 3.48. The molecule has 2 aromatic carbocycles. The number of benzene rings is 2. The fourth-order valence-electron chi connectivity index (χ4n) is 2.48. The second kappa shape index (κ2) is 9.21. The molecule has 0 radical (unpaired) electrons. The van der Waals surface area contributed by atoms with Gasteiger partial charge < -0.3 is 10.4 Å². The number of nitrogens with one attached hydrogen (secondary N) is 2. The molecule has 6 nitrogen and oxygen atoms in total. The maximum atomic E-state index is 13.0. The summed E-state index contributed by atoms with van der Waals surface area (Å²) < 4.78 is 65.3. The molecule has 156 valence electrons. The van der Waals surface area contributed by atoms with Gasteiger partial charge in [0.25, 0.3) is 5.91 Å². The summed E-state index contributed by atoms with van der Waals surface area (Å²) in [4.78, 5) is 12.1. The van der Waals surface area contributed by atoms with Crippen LogP contribution in [0.5, 0.6) is 0 Å². The first kappa shape index (κ1) is 22.6. The highest BCUT2D eigenvalue weighted by atomic mass is 32.2. The summed E-state index contributed by atoms with van der Waals surface area (Å²) in [5.74, 6) is -0.670. The molecule has 1 amide bonds. The molecule has 3 N–H and O–H groups in total. The van der Waals surface area contributed by atoms with E-state index in [0.717, 1.165) is 12.1 Å². The van der Waals surface area contributed by atoms with Crippen LogP contribution in [0.15, 0.2) is 66.1 Å². The van der Waals surface area contributed by atoms with Gasteiger partial charge >= 0.3 is 6.18 Å². The predicted octanol–water partition coefficient (Wildman–Crippen LogP) is 2.63. The molecule has 2 aromatic rings. The van der Waals surface area contributed by atoms with Crippen LogP contribution in [0.3, 0.4) is 0 Å². The van der Waals surface area contributed by atoms with Gasteiger partial charge in [-0.3, -0.25) is 4.79 Å². The van der Waals surface area contributed by atoms with Gasteiger partial charge in [-0.25, -0.2) is 13.1 Å². The van der Waals surface area contributed by atoms with Crippen LogP contribution in [0.2, 0.25) is 0 Å². The number of hydrogen-bond donors (Lipinski definition) is 3. The molecule has 29 heavy (non-hydrogen) atoms. The van der Waals surface area contributed by atoms with Crippen molar-refractivity contribution in [2.24, 2.45) is 0 Å². The van der Waals surface area contributed by atoms with Crippen LogP contribution < -0.4 is 10.0 Å². The number of alkyl halides is 3. The SMILES string of the molecule is C=CCNS(=O)(=O)c1ccc(C(=O)NCC(O)c2ccccc2C(F)(F)F)cc1. The first-order chi connectivity index (χ1) is 13.6. The maximum Gasteiger partial charge on any atom is 0.416 e. The van der Waals surface area contributed by atoms with Crippen molar-refractivity contribution in [1.82, 2.24) is 10.0 Å². The molecule has 0 saturated carbocycles. The third kappa shape index (κ3) is 5.89.